The second-order valence-electron chi connectivity index (χ2n) is 1.10. The van der Waals surface area contributed by atoms with Crippen molar-refractivity contribution in [3.63, 3.8) is 0 Å². The molecular formula is C4H9ClO3. The summed E-state index contributed by atoms with van der Waals surface area (Å²) in [7, 11) is 0. The van der Waals surface area contributed by atoms with Gasteiger partial charge in [0.25, 0.3) is 6.16 Å². The van der Waals surface area contributed by atoms with Crippen molar-refractivity contribution in [2.75, 3.05) is 6.61 Å². The van der Waals surface area contributed by atoms with Crippen LogP contribution in [0.4, 0.5) is 4.79 Å². The lowest BCUT2D eigenvalue weighted by Gasteiger charge is -2.02. The highest BCUT2D eigenvalue weighted by Crippen LogP contribution is 1.76. The Bertz CT molecular complexity index is 64.3. The van der Waals surface area contributed by atoms with Gasteiger partial charge < -0.3 is 14.6 Å². The van der Waals surface area contributed by atoms with Crippen molar-refractivity contribution < 1.29 is 27.0 Å². The van der Waals surface area contributed by atoms with Crippen LogP contribution in [0.1, 0.15) is 13.3 Å². The van der Waals surface area contributed by atoms with Crippen LogP contribution in [0.15, 0.2) is 0 Å². The Kier molecular flexibility index (Phi) is 8.63. The number of ether oxygens (including phenoxy) is 1. The van der Waals surface area contributed by atoms with E-state index in [2.05, 4.69) is 4.74 Å². The van der Waals surface area contributed by atoms with E-state index in [0.717, 1.165) is 0 Å². The summed E-state index contributed by atoms with van der Waals surface area (Å²) in [6.45, 7) is 2.06. The normalized spacial score (nSPS) is 7.12. The molecule has 0 aromatic carbocycles. The van der Waals surface area contributed by atoms with Gasteiger partial charge in [-0.2, -0.15) is 0 Å². The van der Waals surface area contributed by atoms with Crippen LogP contribution in [0.3, 0.4) is 0 Å². The van der Waals surface area contributed by atoms with Gasteiger partial charge in [0.15, 0.2) is 0 Å². The van der Waals surface area contributed by atoms with E-state index in [-0.39, 0.29) is 19.0 Å². The van der Waals surface area contributed by atoms with Crippen LogP contribution >= 0.6 is 0 Å². The second-order valence-corrected chi connectivity index (χ2v) is 1.10. The largest absolute Gasteiger partial charge is 0.550 e. The van der Waals surface area contributed by atoms with Crippen molar-refractivity contribution in [1.29, 1.82) is 0 Å². The lowest BCUT2D eigenvalue weighted by molar-refractivity contribution is -0.282. The van der Waals surface area contributed by atoms with Crippen LogP contribution in [0.5, 0.6) is 0 Å². The van der Waals surface area contributed by atoms with Crippen LogP contribution < -0.4 is 5.11 Å². The maximum atomic E-state index is 9.42. The molecule has 0 aromatic heterocycles. The van der Waals surface area contributed by atoms with Gasteiger partial charge in [0.1, 0.15) is 0 Å². The molecule has 0 saturated heterocycles. The van der Waals surface area contributed by atoms with E-state index in [1.165, 1.54) is 0 Å². The second kappa shape index (κ2) is 6.56. The molecule has 0 atom stereocenters. The summed E-state index contributed by atoms with van der Waals surface area (Å²) in [6.07, 6.45) is -0.740. The van der Waals surface area contributed by atoms with Gasteiger partial charge in [-0.25, -0.2) is 0 Å². The monoisotopic (exact) mass is 140 g/mol. The maximum Gasteiger partial charge on any atom is 0.251 e. The summed E-state index contributed by atoms with van der Waals surface area (Å²) in [5.41, 5.74) is 0. The fourth-order valence-electron chi connectivity index (χ4n) is 0.185. The molecule has 0 aliphatic rings. The van der Waals surface area contributed by atoms with Crippen molar-refractivity contribution in [2.24, 2.45) is 0 Å². The number of carbonyl (C=O) groups is 1. The van der Waals surface area contributed by atoms with Crippen LogP contribution in [0.25, 0.3) is 0 Å². The van der Waals surface area contributed by atoms with Gasteiger partial charge in [0.05, 0.1) is 12.4 Å². The van der Waals surface area contributed by atoms with E-state index in [9.17, 15) is 9.90 Å². The van der Waals surface area contributed by atoms with Gasteiger partial charge in [0, 0.05) is 6.61 Å². The van der Waals surface area contributed by atoms with Crippen molar-refractivity contribution in [3.8, 4) is 0 Å². The lowest BCUT2D eigenvalue weighted by atomic mass is 10.5. The SMILES string of the molecule is CCCOC(=O)[O-].[ClH2+]. The minimum absolute atomic E-state index is 0. The molecule has 0 unspecified atom stereocenters. The standard InChI is InChI=1S/C4H8O3.ClH2/c1-2-3-7-4(5)6;/h2-3H2,1H3,(H,5,6);1H2/q;+1/p-1. The predicted octanol–water partition coefficient (Wildman–Crippen LogP) is -0.779. The summed E-state index contributed by atoms with van der Waals surface area (Å²) >= 11 is 0. The molecule has 0 fully saturated rings. The molecule has 0 spiro atoms. The third kappa shape index (κ3) is 9.12. The number of hydrogen-bond donors (Lipinski definition) is 0. The van der Waals surface area contributed by atoms with Crippen LogP contribution in [-0.2, 0) is 4.74 Å². The Morgan fingerprint density at radius 2 is 2.25 bits per heavy atom. The Morgan fingerprint density at radius 1 is 1.75 bits per heavy atom. The first-order valence-corrected chi connectivity index (χ1v) is 2.11. The third-order valence-electron chi connectivity index (χ3n) is 0.424. The lowest BCUT2D eigenvalue weighted by Crippen LogP contribution is -2.23. The number of carbonyl (C=O) groups excluding carboxylic acids is 1. The average molecular weight is 141 g/mol. The molecule has 0 N–H and O–H groups in total. The Labute approximate surface area is 54.1 Å². The van der Waals surface area contributed by atoms with Gasteiger partial charge in [0.2, 0.25) is 0 Å². The minimum atomic E-state index is -1.44. The first kappa shape index (κ1) is 10.5. The van der Waals surface area contributed by atoms with E-state index in [1.807, 2.05) is 6.92 Å². The smallest absolute Gasteiger partial charge is 0.251 e. The van der Waals surface area contributed by atoms with E-state index in [4.69, 9.17) is 0 Å². The third-order valence-corrected chi connectivity index (χ3v) is 0.424. The zero-order valence-corrected chi connectivity index (χ0v) is 5.48. The topological polar surface area (TPSA) is 49.4 Å². The molecule has 0 radical (unpaired) electrons. The molecule has 0 aliphatic carbocycles. The highest BCUT2D eigenvalue weighted by atomic mass is 35.5. The van der Waals surface area contributed by atoms with Gasteiger partial charge >= 0.3 is 0 Å². The maximum absolute atomic E-state index is 9.42. The van der Waals surface area contributed by atoms with Crippen molar-refractivity contribution in [3.05, 3.63) is 0 Å². The predicted molar refractivity (Wildman–Crippen MR) is 24.4 cm³/mol. The Hall–Kier alpha value is -0.440. The number of rotatable bonds is 2. The average Bonchev–Trinajstić information content (AvgIpc) is 1.61. The molecule has 0 heterocycles. The molecule has 4 heteroatoms. The highest BCUT2D eigenvalue weighted by Gasteiger charge is 1.76. The molecule has 0 bridgehead atoms. The van der Waals surface area contributed by atoms with Gasteiger partial charge in [-0.1, -0.05) is 6.92 Å². The molecular weight excluding hydrogens is 131 g/mol. The van der Waals surface area contributed by atoms with Gasteiger partial charge in [-0.05, 0) is 6.42 Å². The number of hydrogen-bond acceptors (Lipinski definition) is 3. The van der Waals surface area contributed by atoms with Crippen molar-refractivity contribution in [2.45, 2.75) is 13.3 Å². The summed E-state index contributed by atoms with van der Waals surface area (Å²) in [5.74, 6) is 0. The van der Waals surface area contributed by atoms with E-state index in [1.54, 1.807) is 0 Å². The summed E-state index contributed by atoms with van der Waals surface area (Å²) in [6, 6.07) is 0. The summed E-state index contributed by atoms with van der Waals surface area (Å²) < 4.78 is 4.00. The zero-order chi connectivity index (χ0) is 5.70. The van der Waals surface area contributed by atoms with E-state index >= 15 is 0 Å². The summed E-state index contributed by atoms with van der Waals surface area (Å²) in [5, 5.41) is 9.42. The fraction of sp³-hybridized carbons (Fsp3) is 0.750. The molecule has 0 rings (SSSR count). The van der Waals surface area contributed by atoms with Crippen LogP contribution in [0, 0.1) is 12.4 Å². The molecule has 0 aromatic rings. The number of halogens is 1. The van der Waals surface area contributed by atoms with Crippen molar-refractivity contribution in [1.82, 2.24) is 0 Å². The molecule has 50 valence electrons. The van der Waals surface area contributed by atoms with Crippen LogP contribution in [-0.4, -0.2) is 12.8 Å². The Morgan fingerprint density at radius 3 is 2.38 bits per heavy atom. The fourth-order valence-corrected chi connectivity index (χ4v) is 0.185. The first-order valence-electron chi connectivity index (χ1n) is 2.11. The Balaban J connectivity index is 0. The highest BCUT2D eigenvalue weighted by molar-refractivity contribution is 5.53. The molecule has 0 amide bonds. The van der Waals surface area contributed by atoms with Gasteiger partial charge in [-0.3, -0.25) is 0 Å². The molecule has 8 heavy (non-hydrogen) atoms. The molecule has 0 saturated carbocycles. The first-order chi connectivity index (χ1) is 3.27. The number of carboxylic acid groups (broad SMARTS) is 1. The molecule has 3 nitrogen and oxygen atoms in total. The van der Waals surface area contributed by atoms with Crippen molar-refractivity contribution >= 4 is 6.16 Å². The zero-order valence-electron chi connectivity index (χ0n) is 4.59. The van der Waals surface area contributed by atoms with E-state index in [0.29, 0.717) is 6.42 Å². The summed E-state index contributed by atoms with van der Waals surface area (Å²) in [4.78, 5) is 9.42. The quantitative estimate of drug-likeness (QED) is 0.473. The minimum Gasteiger partial charge on any atom is -0.550 e. The molecule has 0 aliphatic heterocycles. The van der Waals surface area contributed by atoms with Gasteiger partial charge in [-0.15, -0.1) is 0 Å². The van der Waals surface area contributed by atoms with E-state index < -0.39 is 6.16 Å². The van der Waals surface area contributed by atoms with Crippen LogP contribution in [0.2, 0.25) is 0 Å².